The van der Waals surface area contributed by atoms with Crippen molar-refractivity contribution in [2.45, 2.75) is 40.5 Å². The lowest BCUT2D eigenvalue weighted by atomic mass is 9.92. The van der Waals surface area contributed by atoms with E-state index in [1.165, 1.54) is 17.8 Å². The second-order valence-corrected chi connectivity index (χ2v) is 8.02. The standard InChI is InChI=1S/C18H25N5OS/c1-11-5-12(2)9-23(8-11)16(24)7-15-10-25-18(21-15)22-17-19-13(3)6-14(4)20-17/h6,10-12H,5,7-9H2,1-4H3,(H,19,20,21,22). The molecule has 7 heteroatoms. The lowest BCUT2D eigenvalue weighted by Crippen LogP contribution is -2.43. The molecule has 3 heterocycles. The van der Waals surface area contributed by atoms with Crippen LogP contribution in [-0.4, -0.2) is 38.8 Å². The Labute approximate surface area is 152 Å². The van der Waals surface area contributed by atoms with Gasteiger partial charge < -0.3 is 10.2 Å². The first kappa shape index (κ1) is 17.8. The van der Waals surface area contributed by atoms with E-state index in [4.69, 9.17) is 0 Å². The Morgan fingerprint density at radius 3 is 2.48 bits per heavy atom. The van der Waals surface area contributed by atoms with Gasteiger partial charge in [-0.05, 0) is 38.2 Å². The zero-order chi connectivity index (χ0) is 18.0. The third-order valence-electron chi connectivity index (χ3n) is 4.31. The number of thiazole rings is 1. The number of anilines is 2. The van der Waals surface area contributed by atoms with Gasteiger partial charge in [0, 0.05) is 29.9 Å². The van der Waals surface area contributed by atoms with Crippen molar-refractivity contribution in [2.75, 3.05) is 18.4 Å². The van der Waals surface area contributed by atoms with Crippen LogP contribution in [0.5, 0.6) is 0 Å². The maximum Gasteiger partial charge on any atom is 0.229 e. The number of aromatic nitrogens is 3. The monoisotopic (exact) mass is 359 g/mol. The molecule has 1 aliphatic rings. The first-order chi connectivity index (χ1) is 11.9. The molecule has 1 saturated heterocycles. The lowest BCUT2D eigenvalue weighted by Gasteiger charge is -2.35. The molecule has 2 aromatic heterocycles. The lowest BCUT2D eigenvalue weighted by molar-refractivity contribution is -0.133. The van der Waals surface area contributed by atoms with Crippen molar-refractivity contribution in [3.8, 4) is 0 Å². The minimum Gasteiger partial charge on any atom is -0.342 e. The summed E-state index contributed by atoms with van der Waals surface area (Å²) < 4.78 is 0. The van der Waals surface area contributed by atoms with Crippen LogP contribution in [0.2, 0.25) is 0 Å². The summed E-state index contributed by atoms with van der Waals surface area (Å²) in [5.74, 6) is 1.85. The molecular formula is C18H25N5OS. The van der Waals surface area contributed by atoms with Crippen molar-refractivity contribution in [2.24, 2.45) is 11.8 Å². The smallest absolute Gasteiger partial charge is 0.229 e. The van der Waals surface area contributed by atoms with Crippen molar-refractivity contribution >= 4 is 28.3 Å². The molecule has 6 nitrogen and oxygen atoms in total. The number of carbonyl (C=O) groups excluding carboxylic acids is 1. The Bertz CT molecular complexity index is 729. The van der Waals surface area contributed by atoms with Crippen LogP contribution in [0.25, 0.3) is 0 Å². The number of aryl methyl sites for hydroxylation is 2. The molecule has 1 fully saturated rings. The third-order valence-corrected chi connectivity index (χ3v) is 5.11. The fourth-order valence-electron chi connectivity index (χ4n) is 3.46. The van der Waals surface area contributed by atoms with Crippen molar-refractivity contribution in [1.82, 2.24) is 19.9 Å². The number of piperidine rings is 1. The van der Waals surface area contributed by atoms with Crippen molar-refractivity contribution in [3.63, 3.8) is 0 Å². The third kappa shape index (κ3) is 4.75. The second-order valence-electron chi connectivity index (χ2n) is 7.16. The number of nitrogens with zero attached hydrogens (tertiary/aromatic N) is 4. The summed E-state index contributed by atoms with van der Waals surface area (Å²) in [6.07, 6.45) is 1.55. The van der Waals surface area contributed by atoms with Crippen molar-refractivity contribution in [1.29, 1.82) is 0 Å². The average molecular weight is 359 g/mol. The quantitative estimate of drug-likeness (QED) is 0.906. The maximum atomic E-state index is 12.6. The predicted octanol–water partition coefficient (Wildman–Crippen LogP) is 3.34. The van der Waals surface area contributed by atoms with E-state index in [1.54, 1.807) is 0 Å². The fourth-order valence-corrected chi connectivity index (χ4v) is 4.16. The predicted molar refractivity (Wildman–Crippen MR) is 100 cm³/mol. The molecule has 1 aliphatic heterocycles. The molecule has 1 N–H and O–H groups in total. The van der Waals surface area contributed by atoms with Crippen LogP contribution in [-0.2, 0) is 11.2 Å². The van der Waals surface area contributed by atoms with Crippen LogP contribution in [0.1, 0.15) is 37.4 Å². The molecule has 1 amide bonds. The van der Waals surface area contributed by atoms with E-state index in [0.717, 1.165) is 30.2 Å². The van der Waals surface area contributed by atoms with Gasteiger partial charge in [-0.3, -0.25) is 4.79 Å². The molecule has 0 bridgehead atoms. The normalized spacial score (nSPS) is 20.6. The molecule has 3 rings (SSSR count). The number of hydrogen-bond acceptors (Lipinski definition) is 6. The van der Waals surface area contributed by atoms with Crippen LogP contribution in [0.15, 0.2) is 11.4 Å². The first-order valence-corrected chi connectivity index (χ1v) is 9.58. The summed E-state index contributed by atoms with van der Waals surface area (Å²) in [4.78, 5) is 27.8. The van der Waals surface area contributed by atoms with Crippen molar-refractivity contribution in [3.05, 3.63) is 28.5 Å². The summed E-state index contributed by atoms with van der Waals surface area (Å²) in [6.45, 7) is 10.0. The zero-order valence-corrected chi connectivity index (χ0v) is 16.1. The average Bonchev–Trinajstić information content (AvgIpc) is 2.92. The highest BCUT2D eigenvalue weighted by Gasteiger charge is 2.25. The number of likely N-dealkylation sites (tertiary alicyclic amines) is 1. The van der Waals surface area contributed by atoms with E-state index < -0.39 is 0 Å². The van der Waals surface area contributed by atoms with Gasteiger partial charge in [0.1, 0.15) is 0 Å². The van der Waals surface area contributed by atoms with E-state index >= 15 is 0 Å². The van der Waals surface area contributed by atoms with E-state index in [2.05, 4.69) is 34.1 Å². The van der Waals surface area contributed by atoms with Crippen molar-refractivity contribution < 1.29 is 4.79 Å². The summed E-state index contributed by atoms with van der Waals surface area (Å²) in [5, 5.41) is 5.78. The molecule has 0 aliphatic carbocycles. The Morgan fingerprint density at radius 2 is 1.84 bits per heavy atom. The van der Waals surface area contributed by atoms with Crippen LogP contribution in [0, 0.1) is 25.7 Å². The molecule has 2 atom stereocenters. The second kappa shape index (κ2) is 7.47. The Morgan fingerprint density at radius 1 is 1.20 bits per heavy atom. The van der Waals surface area contributed by atoms with E-state index in [9.17, 15) is 4.79 Å². The summed E-state index contributed by atoms with van der Waals surface area (Å²) in [6, 6.07) is 1.93. The summed E-state index contributed by atoms with van der Waals surface area (Å²) in [5.41, 5.74) is 2.62. The molecule has 25 heavy (non-hydrogen) atoms. The number of carbonyl (C=O) groups is 1. The van der Waals surface area contributed by atoms with E-state index in [0.29, 0.717) is 29.3 Å². The largest absolute Gasteiger partial charge is 0.342 e. The molecule has 2 unspecified atom stereocenters. The van der Waals surface area contributed by atoms with Crippen LogP contribution < -0.4 is 5.32 Å². The molecule has 0 aromatic carbocycles. The van der Waals surface area contributed by atoms with Gasteiger partial charge in [-0.15, -0.1) is 11.3 Å². The summed E-state index contributed by atoms with van der Waals surface area (Å²) in [7, 11) is 0. The molecular weight excluding hydrogens is 334 g/mol. The highest BCUT2D eigenvalue weighted by atomic mass is 32.1. The highest BCUT2D eigenvalue weighted by molar-refractivity contribution is 7.13. The van der Waals surface area contributed by atoms with E-state index in [-0.39, 0.29) is 5.91 Å². The van der Waals surface area contributed by atoms with Crippen LogP contribution in [0.3, 0.4) is 0 Å². The minimum absolute atomic E-state index is 0.165. The highest BCUT2D eigenvalue weighted by Crippen LogP contribution is 2.23. The van der Waals surface area contributed by atoms with E-state index in [1.807, 2.05) is 30.2 Å². The Balaban J connectivity index is 1.62. The summed E-state index contributed by atoms with van der Waals surface area (Å²) >= 11 is 1.47. The minimum atomic E-state index is 0.165. The fraction of sp³-hybridized carbons (Fsp3) is 0.556. The first-order valence-electron chi connectivity index (χ1n) is 8.70. The number of rotatable bonds is 4. The van der Waals surface area contributed by atoms with Gasteiger partial charge in [-0.25, -0.2) is 15.0 Å². The molecule has 0 radical (unpaired) electrons. The SMILES string of the molecule is Cc1cc(C)nc(Nc2nc(CC(=O)N3CC(C)CC(C)C3)cs2)n1. The van der Waals surface area contributed by atoms with Gasteiger partial charge in [0.2, 0.25) is 11.9 Å². The number of nitrogens with one attached hydrogen (secondary N) is 1. The number of hydrogen-bond donors (Lipinski definition) is 1. The van der Waals surface area contributed by atoms with Gasteiger partial charge in [0.25, 0.3) is 0 Å². The van der Waals surface area contributed by atoms with Gasteiger partial charge in [-0.2, -0.15) is 0 Å². The van der Waals surface area contributed by atoms with Gasteiger partial charge in [0.05, 0.1) is 12.1 Å². The van der Waals surface area contributed by atoms with Gasteiger partial charge in [-0.1, -0.05) is 13.8 Å². The molecule has 2 aromatic rings. The maximum absolute atomic E-state index is 12.6. The number of amides is 1. The zero-order valence-electron chi connectivity index (χ0n) is 15.2. The van der Waals surface area contributed by atoms with Crippen LogP contribution >= 0.6 is 11.3 Å². The molecule has 0 spiro atoms. The Hall–Kier alpha value is -2.02. The molecule has 134 valence electrons. The Kier molecular flexibility index (Phi) is 5.32. The van der Waals surface area contributed by atoms with Crippen LogP contribution in [0.4, 0.5) is 11.1 Å². The topological polar surface area (TPSA) is 71.0 Å². The van der Waals surface area contributed by atoms with Gasteiger partial charge in [0.15, 0.2) is 5.13 Å². The molecule has 0 saturated carbocycles. The van der Waals surface area contributed by atoms with Gasteiger partial charge >= 0.3 is 0 Å².